The third-order valence-corrected chi connectivity index (χ3v) is 10.3. The van der Waals surface area contributed by atoms with Crippen LogP contribution in [0.1, 0.15) is 10.4 Å². The highest BCUT2D eigenvalue weighted by Gasteiger charge is 2.45. The molecule has 23 heavy (non-hydrogen) atoms. The van der Waals surface area contributed by atoms with E-state index < -0.39 is 34.1 Å². The third kappa shape index (κ3) is 6.51. The summed E-state index contributed by atoms with van der Waals surface area (Å²) in [6.45, 7) is 0. The van der Waals surface area contributed by atoms with Gasteiger partial charge in [-0.15, -0.1) is 0 Å². The molecule has 0 fully saturated rings. The highest BCUT2D eigenvalue weighted by atomic mass is 127. The van der Waals surface area contributed by atoms with E-state index in [1.807, 2.05) is 67.8 Å². The maximum atomic E-state index is 12.8. The number of benzene rings is 1. The second kappa shape index (κ2) is 8.33. The molecule has 0 saturated carbocycles. The van der Waals surface area contributed by atoms with E-state index >= 15 is 0 Å². The van der Waals surface area contributed by atoms with Gasteiger partial charge >= 0.3 is 12.1 Å². The van der Waals surface area contributed by atoms with Crippen LogP contribution in [0, 0.1) is 14.3 Å². The summed E-state index contributed by atoms with van der Waals surface area (Å²) >= 11 is 7.68. The zero-order valence-electron chi connectivity index (χ0n) is 10.5. The number of ether oxygens (including phenoxy) is 1. The van der Waals surface area contributed by atoms with Crippen LogP contribution < -0.4 is 0 Å². The molecule has 0 saturated heterocycles. The van der Waals surface area contributed by atoms with Gasteiger partial charge in [-0.3, -0.25) is 4.55 Å². The van der Waals surface area contributed by atoms with Crippen molar-refractivity contribution in [1.82, 2.24) is 0 Å². The van der Waals surface area contributed by atoms with Crippen molar-refractivity contribution in [2.75, 3.05) is 5.75 Å². The van der Waals surface area contributed by atoms with Crippen LogP contribution in [0.3, 0.4) is 0 Å². The van der Waals surface area contributed by atoms with Gasteiger partial charge in [-0.1, -0.05) is 0 Å². The summed E-state index contributed by atoms with van der Waals surface area (Å²) in [7, 11) is -4.97. The largest absolute Gasteiger partial charge is 0.448 e. The SMILES string of the molecule is O=C(OC(CS(=O)(=O)O)C(F)(F)F)c1cc(I)c(I)c(I)c1I. The summed E-state index contributed by atoms with van der Waals surface area (Å²) in [6.07, 6.45) is -8.07. The molecule has 1 rings (SSSR count). The Hall–Kier alpha value is 1.31. The molecule has 130 valence electrons. The molecule has 13 heteroatoms. The molecule has 1 aromatic carbocycles. The lowest BCUT2D eigenvalue weighted by molar-refractivity contribution is -0.197. The van der Waals surface area contributed by atoms with Crippen molar-refractivity contribution >= 4 is 106 Å². The van der Waals surface area contributed by atoms with Crippen LogP contribution in [0.4, 0.5) is 13.2 Å². The van der Waals surface area contributed by atoms with Gasteiger partial charge in [0.1, 0.15) is 5.75 Å². The normalized spacial score (nSPS) is 13.7. The van der Waals surface area contributed by atoms with Crippen molar-refractivity contribution in [3.63, 3.8) is 0 Å². The van der Waals surface area contributed by atoms with Gasteiger partial charge in [0.2, 0.25) is 6.10 Å². The predicted molar refractivity (Wildman–Crippen MR) is 109 cm³/mol. The summed E-state index contributed by atoms with van der Waals surface area (Å²) < 4.78 is 75.2. The first-order chi connectivity index (χ1) is 10.2. The number of rotatable bonds is 4. The first-order valence-corrected chi connectivity index (χ1v) is 11.2. The van der Waals surface area contributed by atoms with Crippen LogP contribution in [-0.2, 0) is 14.9 Å². The first-order valence-electron chi connectivity index (χ1n) is 5.30. The molecule has 0 radical (unpaired) electrons. The zero-order valence-corrected chi connectivity index (χ0v) is 19.9. The van der Waals surface area contributed by atoms with Crippen molar-refractivity contribution in [3.05, 3.63) is 25.9 Å². The molecule has 0 aliphatic rings. The minimum Gasteiger partial charge on any atom is -0.448 e. The molecule has 0 aromatic heterocycles. The Kier molecular flexibility index (Phi) is 8.10. The zero-order chi connectivity index (χ0) is 18.2. The predicted octanol–water partition coefficient (Wildman–Crippen LogP) is 4.08. The van der Waals surface area contributed by atoms with Crippen LogP contribution >= 0.6 is 90.4 Å². The lowest BCUT2D eigenvalue weighted by Crippen LogP contribution is -2.39. The average molecular weight is 802 g/mol. The van der Waals surface area contributed by atoms with Crippen molar-refractivity contribution in [3.8, 4) is 0 Å². The second-order valence-electron chi connectivity index (χ2n) is 4.03. The van der Waals surface area contributed by atoms with E-state index in [4.69, 9.17) is 4.55 Å². The fourth-order valence-corrected chi connectivity index (χ4v) is 5.21. The average Bonchev–Trinajstić information content (AvgIpc) is 2.37. The second-order valence-corrected chi connectivity index (χ2v) is 9.93. The minimum absolute atomic E-state index is 0.107. The van der Waals surface area contributed by atoms with E-state index in [0.717, 1.165) is 3.57 Å². The molecule has 5 nitrogen and oxygen atoms in total. The Morgan fingerprint density at radius 2 is 1.70 bits per heavy atom. The van der Waals surface area contributed by atoms with E-state index in [1.165, 1.54) is 6.07 Å². The fourth-order valence-electron chi connectivity index (χ4n) is 1.30. The van der Waals surface area contributed by atoms with Crippen molar-refractivity contribution in [1.29, 1.82) is 0 Å². The topological polar surface area (TPSA) is 80.7 Å². The monoisotopic (exact) mass is 802 g/mol. The van der Waals surface area contributed by atoms with Gasteiger partial charge < -0.3 is 4.74 Å². The molecule has 0 heterocycles. The summed E-state index contributed by atoms with van der Waals surface area (Å²) in [5.41, 5.74) is -0.107. The third-order valence-electron chi connectivity index (χ3n) is 2.30. The Labute approximate surface area is 183 Å². The fraction of sp³-hybridized carbons (Fsp3) is 0.300. The Bertz CT molecular complexity index is 735. The van der Waals surface area contributed by atoms with Crippen LogP contribution in [0.2, 0.25) is 0 Å². The number of esters is 1. The molecule has 1 N–H and O–H groups in total. The molecule has 1 aromatic rings. The molecule has 0 bridgehead atoms. The Morgan fingerprint density at radius 3 is 2.13 bits per heavy atom. The molecule has 0 aliphatic heterocycles. The molecular weight excluding hydrogens is 797 g/mol. The van der Waals surface area contributed by atoms with Crippen LogP contribution in [0.25, 0.3) is 0 Å². The van der Waals surface area contributed by atoms with Crippen molar-refractivity contribution < 1.29 is 35.7 Å². The lowest BCUT2D eigenvalue weighted by atomic mass is 10.2. The first kappa shape index (κ1) is 22.4. The summed E-state index contributed by atoms with van der Waals surface area (Å²) in [6, 6.07) is 1.36. The van der Waals surface area contributed by atoms with Gasteiger partial charge in [-0.25, -0.2) is 4.79 Å². The smallest absolute Gasteiger partial charge is 0.426 e. The number of carbonyl (C=O) groups is 1. The summed E-state index contributed by atoms with van der Waals surface area (Å²) in [5, 5.41) is 0. The standard InChI is InChI=1S/C10H5F3I4O5S/c11-10(12,13)5(2-23(19,20)21)22-9(18)3-1-4(14)7(16)8(17)6(3)15/h1,5H,2H2,(H,19,20,21). The highest BCUT2D eigenvalue weighted by molar-refractivity contribution is 14.1. The van der Waals surface area contributed by atoms with E-state index in [-0.39, 0.29) is 5.56 Å². The maximum Gasteiger partial charge on any atom is 0.426 e. The number of hydrogen-bond acceptors (Lipinski definition) is 4. The maximum absolute atomic E-state index is 12.8. The van der Waals surface area contributed by atoms with Crippen molar-refractivity contribution in [2.24, 2.45) is 0 Å². The number of hydrogen-bond donors (Lipinski definition) is 1. The molecule has 0 spiro atoms. The molecule has 1 unspecified atom stereocenters. The highest BCUT2D eigenvalue weighted by Crippen LogP contribution is 2.31. The van der Waals surface area contributed by atoms with Gasteiger partial charge in [-0.05, 0) is 96.4 Å². The van der Waals surface area contributed by atoms with Crippen LogP contribution in [-0.4, -0.2) is 37.0 Å². The summed E-state index contributed by atoms with van der Waals surface area (Å²) in [4.78, 5) is 12.0. The number of halogens is 7. The van der Waals surface area contributed by atoms with Gasteiger partial charge in [0, 0.05) is 14.3 Å². The molecule has 1 atom stereocenters. The van der Waals surface area contributed by atoms with E-state index in [0.29, 0.717) is 10.7 Å². The minimum atomic E-state index is -5.12. The van der Waals surface area contributed by atoms with Crippen LogP contribution in [0.15, 0.2) is 6.07 Å². The van der Waals surface area contributed by atoms with Gasteiger partial charge in [-0.2, -0.15) is 21.6 Å². The van der Waals surface area contributed by atoms with E-state index in [2.05, 4.69) is 4.74 Å². The number of alkyl halides is 3. The summed E-state index contributed by atoms with van der Waals surface area (Å²) in [5.74, 6) is -3.07. The van der Waals surface area contributed by atoms with E-state index in [1.54, 1.807) is 22.6 Å². The van der Waals surface area contributed by atoms with Gasteiger partial charge in [0.05, 0.1) is 5.56 Å². The van der Waals surface area contributed by atoms with Gasteiger partial charge in [0.25, 0.3) is 10.1 Å². The Morgan fingerprint density at radius 1 is 1.17 bits per heavy atom. The quantitative estimate of drug-likeness (QED) is 0.164. The molecule has 0 amide bonds. The van der Waals surface area contributed by atoms with Crippen LogP contribution in [0.5, 0.6) is 0 Å². The van der Waals surface area contributed by atoms with E-state index in [9.17, 15) is 26.4 Å². The number of carbonyl (C=O) groups excluding carboxylic acids is 1. The molecular formula is C10H5F3I4O5S. The molecule has 0 aliphatic carbocycles. The van der Waals surface area contributed by atoms with Crippen molar-refractivity contribution in [2.45, 2.75) is 12.3 Å². The van der Waals surface area contributed by atoms with Gasteiger partial charge in [0.15, 0.2) is 0 Å². The Balaban J connectivity index is 3.19. The lowest BCUT2D eigenvalue weighted by Gasteiger charge is -2.20.